The van der Waals surface area contributed by atoms with Crippen molar-refractivity contribution in [3.05, 3.63) is 89.8 Å². The highest BCUT2D eigenvalue weighted by atomic mass is 16.5. The van der Waals surface area contributed by atoms with Gasteiger partial charge in [0, 0.05) is 37.8 Å². The summed E-state index contributed by atoms with van der Waals surface area (Å²) in [6.45, 7) is 7.72. The first-order valence-electron chi connectivity index (χ1n) is 12.2. The van der Waals surface area contributed by atoms with Gasteiger partial charge >= 0.3 is 0 Å². The molecule has 0 aromatic heterocycles. The molecule has 6 rings (SSSR count). The van der Waals surface area contributed by atoms with E-state index in [2.05, 4.69) is 53.2 Å². The number of amides is 1. The molecule has 5 nitrogen and oxygen atoms in total. The van der Waals surface area contributed by atoms with Crippen molar-refractivity contribution < 1.29 is 9.53 Å². The number of carbonyl (C=O) groups is 1. The summed E-state index contributed by atoms with van der Waals surface area (Å²) in [4.78, 5) is 18.4. The highest BCUT2D eigenvalue weighted by Crippen LogP contribution is 2.46. The quantitative estimate of drug-likeness (QED) is 0.560. The van der Waals surface area contributed by atoms with E-state index in [1.807, 2.05) is 36.1 Å². The number of nitrogens with zero attached hydrogens (tertiary/aromatic N) is 2. The van der Waals surface area contributed by atoms with Crippen molar-refractivity contribution in [2.75, 3.05) is 25.0 Å². The van der Waals surface area contributed by atoms with E-state index < -0.39 is 5.60 Å². The normalized spacial score (nSPS) is 24.5. The van der Waals surface area contributed by atoms with Gasteiger partial charge in [0.05, 0.1) is 5.69 Å². The predicted octanol–water partition coefficient (Wildman–Crippen LogP) is 4.87. The summed E-state index contributed by atoms with van der Waals surface area (Å²) in [6, 6.07) is 22.0. The number of nitrogens with one attached hydrogen (secondary N) is 1. The number of hydrogen-bond acceptors (Lipinski definition) is 4. The average molecular weight is 454 g/mol. The van der Waals surface area contributed by atoms with Gasteiger partial charge in [-0.25, -0.2) is 0 Å². The van der Waals surface area contributed by atoms with E-state index in [0.717, 1.165) is 43.6 Å². The first kappa shape index (κ1) is 21.2. The Bertz CT molecular complexity index is 1290. The Morgan fingerprint density at radius 3 is 2.56 bits per heavy atom. The lowest BCUT2D eigenvalue weighted by Gasteiger charge is -2.40. The van der Waals surface area contributed by atoms with Crippen LogP contribution in [0.25, 0.3) is 10.8 Å². The molecule has 0 bridgehead atoms. The van der Waals surface area contributed by atoms with Gasteiger partial charge in [-0.05, 0) is 60.7 Å². The number of para-hydroxylation sites is 1. The second kappa shape index (κ2) is 7.88. The molecule has 174 valence electrons. The molecule has 34 heavy (non-hydrogen) atoms. The van der Waals surface area contributed by atoms with Crippen molar-refractivity contribution in [3.8, 4) is 0 Å². The Balaban J connectivity index is 1.23. The summed E-state index contributed by atoms with van der Waals surface area (Å²) in [6.07, 6.45) is 2.97. The average Bonchev–Trinajstić information content (AvgIpc) is 3.34. The fraction of sp³-hybridized carbons (Fsp3) is 0.345. The van der Waals surface area contributed by atoms with Gasteiger partial charge in [0.15, 0.2) is 5.88 Å². The first-order chi connectivity index (χ1) is 16.5. The van der Waals surface area contributed by atoms with Gasteiger partial charge < -0.3 is 15.0 Å². The number of carbonyl (C=O) groups excluding carboxylic acids is 1. The molecule has 1 fully saturated rings. The van der Waals surface area contributed by atoms with Crippen molar-refractivity contribution in [3.63, 3.8) is 0 Å². The van der Waals surface area contributed by atoms with E-state index in [-0.39, 0.29) is 11.9 Å². The summed E-state index contributed by atoms with van der Waals surface area (Å²) < 4.78 is 6.07. The highest BCUT2D eigenvalue weighted by Gasteiger charge is 2.52. The molecular formula is C29H31N3O2. The predicted molar refractivity (Wildman–Crippen MR) is 136 cm³/mol. The van der Waals surface area contributed by atoms with Crippen LogP contribution in [-0.4, -0.2) is 37.0 Å². The van der Waals surface area contributed by atoms with Gasteiger partial charge in [-0.3, -0.25) is 9.69 Å². The van der Waals surface area contributed by atoms with E-state index in [1.165, 1.54) is 21.9 Å². The van der Waals surface area contributed by atoms with Crippen molar-refractivity contribution in [1.29, 1.82) is 0 Å². The molecule has 5 heteroatoms. The number of benzene rings is 3. The van der Waals surface area contributed by atoms with E-state index >= 15 is 0 Å². The number of rotatable bonds is 5. The second-order valence-electron chi connectivity index (χ2n) is 9.85. The van der Waals surface area contributed by atoms with Gasteiger partial charge in [-0.2, -0.15) is 0 Å². The molecule has 0 saturated carbocycles. The van der Waals surface area contributed by atoms with Gasteiger partial charge in [0.1, 0.15) is 0 Å². The zero-order chi connectivity index (χ0) is 23.4. The monoisotopic (exact) mass is 453 g/mol. The Morgan fingerprint density at radius 1 is 1.06 bits per heavy atom. The third kappa shape index (κ3) is 3.07. The van der Waals surface area contributed by atoms with Crippen LogP contribution in [0, 0.1) is 0 Å². The molecule has 0 spiro atoms. The molecule has 1 saturated heterocycles. The van der Waals surface area contributed by atoms with E-state index in [0.29, 0.717) is 11.9 Å². The van der Waals surface area contributed by atoms with Crippen LogP contribution in [0.3, 0.4) is 0 Å². The van der Waals surface area contributed by atoms with Crippen LogP contribution < -0.4 is 10.2 Å². The maximum absolute atomic E-state index is 13.8. The maximum atomic E-state index is 13.8. The smallest absolute Gasteiger partial charge is 0.276 e. The van der Waals surface area contributed by atoms with Crippen molar-refractivity contribution in [2.24, 2.45) is 0 Å². The van der Waals surface area contributed by atoms with Crippen molar-refractivity contribution in [2.45, 2.75) is 43.9 Å². The standard InChI is InChI=1S/C29H31N3O2/c1-19(30-3)34-29(2)24-12-4-5-13-25(24)32(28(29)33)22-14-16-31(17-15-22)26-18-21-10-6-8-20-9-7-11-23(26)27(20)21/h4-13,22,26,30H,1,14-18H2,2-3H3. The number of ether oxygens (including phenoxy) is 1. The summed E-state index contributed by atoms with van der Waals surface area (Å²) in [5, 5.41) is 5.71. The number of hydrogen-bond donors (Lipinski definition) is 1. The summed E-state index contributed by atoms with van der Waals surface area (Å²) in [5.74, 6) is 0.402. The van der Waals surface area contributed by atoms with Crippen LogP contribution in [0.15, 0.2) is 73.1 Å². The molecule has 3 aliphatic rings. The molecule has 2 atom stereocenters. The molecule has 1 N–H and O–H groups in total. The molecule has 3 aromatic rings. The lowest BCUT2D eigenvalue weighted by atomic mass is 9.97. The Kier molecular flexibility index (Phi) is 4.92. The summed E-state index contributed by atoms with van der Waals surface area (Å²) in [7, 11) is 1.76. The minimum atomic E-state index is -1.06. The molecule has 1 aliphatic carbocycles. The van der Waals surface area contributed by atoms with E-state index in [1.54, 1.807) is 7.05 Å². The first-order valence-corrected chi connectivity index (χ1v) is 12.2. The summed E-state index contributed by atoms with van der Waals surface area (Å²) in [5.41, 5.74) is 3.74. The molecule has 2 aliphatic heterocycles. The lowest BCUT2D eigenvalue weighted by Crippen LogP contribution is -2.50. The van der Waals surface area contributed by atoms with Crippen LogP contribution in [0.5, 0.6) is 0 Å². The third-order valence-corrected chi connectivity index (χ3v) is 8.01. The zero-order valence-corrected chi connectivity index (χ0v) is 19.9. The topological polar surface area (TPSA) is 44.8 Å². The third-order valence-electron chi connectivity index (χ3n) is 8.01. The van der Waals surface area contributed by atoms with Gasteiger partial charge in [-0.1, -0.05) is 54.6 Å². The number of piperidine rings is 1. The van der Waals surface area contributed by atoms with Crippen LogP contribution >= 0.6 is 0 Å². The van der Waals surface area contributed by atoms with Crippen LogP contribution in [-0.2, 0) is 21.6 Å². The molecule has 2 heterocycles. The lowest BCUT2D eigenvalue weighted by molar-refractivity contribution is -0.137. The van der Waals surface area contributed by atoms with Gasteiger partial charge in [0.2, 0.25) is 5.60 Å². The fourth-order valence-electron chi connectivity index (χ4n) is 6.30. The molecule has 1 amide bonds. The number of fused-ring (bicyclic) bond motifs is 1. The Labute approximate surface area is 201 Å². The van der Waals surface area contributed by atoms with Crippen LogP contribution in [0.4, 0.5) is 5.69 Å². The molecular weight excluding hydrogens is 422 g/mol. The van der Waals surface area contributed by atoms with E-state index in [4.69, 9.17) is 4.74 Å². The second-order valence-corrected chi connectivity index (χ2v) is 9.85. The molecule has 0 radical (unpaired) electrons. The van der Waals surface area contributed by atoms with Crippen molar-refractivity contribution in [1.82, 2.24) is 10.2 Å². The minimum absolute atomic E-state index is 0.00147. The highest BCUT2D eigenvalue weighted by molar-refractivity contribution is 6.07. The van der Waals surface area contributed by atoms with Gasteiger partial charge in [0.25, 0.3) is 5.91 Å². The van der Waals surface area contributed by atoms with Crippen LogP contribution in [0.2, 0.25) is 0 Å². The summed E-state index contributed by atoms with van der Waals surface area (Å²) >= 11 is 0. The largest absolute Gasteiger partial charge is 0.459 e. The van der Waals surface area contributed by atoms with Gasteiger partial charge in [-0.15, -0.1) is 0 Å². The maximum Gasteiger partial charge on any atom is 0.276 e. The van der Waals surface area contributed by atoms with Crippen LogP contribution in [0.1, 0.15) is 42.5 Å². The Morgan fingerprint density at radius 2 is 1.79 bits per heavy atom. The fourth-order valence-corrected chi connectivity index (χ4v) is 6.30. The molecule has 2 unspecified atom stereocenters. The molecule has 3 aromatic carbocycles. The number of anilines is 1. The SMILES string of the molecule is C=C(NC)OC1(C)C(=O)N(C2CCN(C3Cc4cccc5cccc3c45)CC2)c2ccccc21. The Hall–Kier alpha value is -3.31. The minimum Gasteiger partial charge on any atom is -0.459 e. The zero-order valence-electron chi connectivity index (χ0n) is 19.9. The number of likely N-dealkylation sites (tertiary alicyclic amines) is 1. The van der Waals surface area contributed by atoms with E-state index in [9.17, 15) is 4.79 Å². The van der Waals surface area contributed by atoms with Crippen molar-refractivity contribution >= 4 is 22.4 Å².